The highest BCUT2D eigenvalue weighted by atomic mass is 16.5. The first-order valence-corrected chi connectivity index (χ1v) is 12.0. The molecule has 0 saturated heterocycles. The fourth-order valence-corrected chi connectivity index (χ4v) is 5.50. The molecule has 0 heterocycles. The van der Waals surface area contributed by atoms with E-state index in [0.717, 1.165) is 56.9 Å². The van der Waals surface area contributed by atoms with E-state index in [1.165, 1.54) is 19.1 Å². The van der Waals surface area contributed by atoms with Crippen LogP contribution in [0.2, 0.25) is 0 Å². The number of benzene rings is 1. The number of Topliss-reactive ketones (excluding diaryl/α,β-unsaturated/α-hetero) is 1. The van der Waals surface area contributed by atoms with Crippen LogP contribution in [-0.4, -0.2) is 24.0 Å². The summed E-state index contributed by atoms with van der Waals surface area (Å²) in [4.78, 5) is 23.7. The molecule has 4 nitrogen and oxygen atoms in total. The number of hydrogen-bond acceptors (Lipinski definition) is 4. The number of carbonyl (C=O) groups excluding carboxylic acids is 2. The SMILES string of the molecule is CCCC1(C(O)c2ccc([C@H]3CCC(=O)[C@@H]3C/C=C\CCCC(=O)OC)cc2)CCC1. The largest absolute Gasteiger partial charge is 0.469 e. The van der Waals surface area contributed by atoms with Crippen LogP contribution in [0.15, 0.2) is 36.4 Å². The molecule has 0 aliphatic heterocycles. The van der Waals surface area contributed by atoms with Crippen molar-refractivity contribution in [2.24, 2.45) is 11.3 Å². The Morgan fingerprint density at radius 2 is 2.00 bits per heavy atom. The molecule has 0 aromatic heterocycles. The number of allylic oxidation sites excluding steroid dienone is 2. The van der Waals surface area contributed by atoms with Gasteiger partial charge in [0.2, 0.25) is 0 Å². The van der Waals surface area contributed by atoms with Crippen molar-refractivity contribution in [2.45, 2.75) is 89.6 Å². The first kappa shape index (κ1) is 23.7. The van der Waals surface area contributed by atoms with E-state index < -0.39 is 0 Å². The van der Waals surface area contributed by atoms with Crippen LogP contribution in [0.1, 0.15) is 101 Å². The van der Waals surface area contributed by atoms with Crippen LogP contribution in [0.25, 0.3) is 0 Å². The molecule has 2 aliphatic rings. The zero-order valence-electron chi connectivity index (χ0n) is 19.1. The first-order chi connectivity index (χ1) is 15.0. The number of methoxy groups -OCH3 is 1. The molecular formula is C27H38O4. The minimum absolute atomic E-state index is 0.0331. The van der Waals surface area contributed by atoms with Gasteiger partial charge in [0.05, 0.1) is 13.2 Å². The van der Waals surface area contributed by atoms with Crippen LogP contribution in [-0.2, 0) is 14.3 Å². The van der Waals surface area contributed by atoms with E-state index in [-0.39, 0.29) is 29.3 Å². The van der Waals surface area contributed by atoms with Gasteiger partial charge in [-0.25, -0.2) is 0 Å². The lowest BCUT2D eigenvalue weighted by molar-refractivity contribution is -0.140. The highest BCUT2D eigenvalue weighted by Crippen LogP contribution is 2.53. The van der Waals surface area contributed by atoms with Gasteiger partial charge in [-0.2, -0.15) is 0 Å². The van der Waals surface area contributed by atoms with Gasteiger partial charge in [0.25, 0.3) is 0 Å². The fourth-order valence-electron chi connectivity index (χ4n) is 5.50. The molecule has 170 valence electrons. The molecule has 31 heavy (non-hydrogen) atoms. The summed E-state index contributed by atoms with van der Waals surface area (Å²) in [5.74, 6) is 0.466. The summed E-state index contributed by atoms with van der Waals surface area (Å²) in [5, 5.41) is 11.0. The maximum atomic E-state index is 12.5. The number of ether oxygens (including phenoxy) is 1. The molecule has 0 radical (unpaired) electrons. The number of aliphatic hydroxyl groups excluding tert-OH is 1. The van der Waals surface area contributed by atoms with Gasteiger partial charge in [0.15, 0.2) is 0 Å². The lowest BCUT2D eigenvalue weighted by Crippen LogP contribution is -2.36. The topological polar surface area (TPSA) is 63.6 Å². The second-order valence-corrected chi connectivity index (χ2v) is 9.43. The molecule has 1 N–H and O–H groups in total. The lowest BCUT2D eigenvalue weighted by atomic mass is 9.61. The van der Waals surface area contributed by atoms with Crippen molar-refractivity contribution in [3.8, 4) is 0 Å². The predicted octanol–water partition coefficient (Wildman–Crippen LogP) is 6.04. The Kier molecular flexibility index (Phi) is 8.48. The summed E-state index contributed by atoms with van der Waals surface area (Å²) in [5.41, 5.74) is 2.30. The van der Waals surface area contributed by atoms with Gasteiger partial charge in [-0.15, -0.1) is 0 Å². The van der Waals surface area contributed by atoms with E-state index >= 15 is 0 Å². The first-order valence-electron chi connectivity index (χ1n) is 12.0. The van der Waals surface area contributed by atoms with Gasteiger partial charge >= 0.3 is 5.97 Å². The van der Waals surface area contributed by atoms with E-state index in [9.17, 15) is 14.7 Å². The van der Waals surface area contributed by atoms with E-state index in [4.69, 9.17) is 0 Å². The Morgan fingerprint density at radius 3 is 2.61 bits per heavy atom. The van der Waals surface area contributed by atoms with Crippen LogP contribution < -0.4 is 0 Å². The quantitative estimate of drug-likeness (QED) is 0.266. The maximum absolute atomic E-state index is 12.5. The Bertz CT molecular complexity index is 760. The number of hydrogen-bond donors (Lipinski definition) is 1. The molecule has 1 aromatic carbocycles. The highest BCUT2D eigenvalue weighted by molar-refractivity contribution is 5.84. The Balaban J connectivity index is 1.58. The molecule has 2 saturated carbocycles. The van der Waals surface area contributed by atoms with Crippen LogP contribution in [0.4, 0.5) is 0 Å². The van der Waals surface area contributed by atoms with Crippen molar-refractivity contribution in [2.75, 3.05) is 7.11 Å². The van der Waals surface area contributed by atoms with Crippen molar-refractivity contribution in [3.05, 3.63) is 47.5 Å². The summed E-state index contributed by atoms with van der Waals surface area (Å²) in [6.07, 6.45) is 13.8. The van der Waals surface area contributed by atoms with Crippen LogP contribution in [0.5, 0.6) is 0 Å². The third-order valence-corrected chi connectivity index (χ3v) is 7.49. The second-order valence-electron chi connectivity index (χ2n) is 9.43. The van der Waals surface area contributed by atoms with Crippen molar-refractivity contribution >= 4 is 11.8 Å². The van der Waals surface area contributed by atoms with Crippen LogP contribution in [0.3, 0.4) is 0 Å². The number of esters is 1. The molecule has 0 bridgehead atoms. The highest BCUT2D eigenvalue weighted by Gasteiger charge is 2.43. The van der Waals surface area contributed by atoms with Crippen LogP contribution in [0, 0.1) is 11.3 Å². The normalized spacial score (nSPS) is 23.6. The number of ketones is 1. The van der Waals surface area contributed by atoms with Gasteiger partial charge < -0.3 is 9.84 Å². The summed E-state index contributed by atoms with van der Waals surface area (Å²) >= 11 is 0. The minimum atomic E-state index is -0.385. The monoisotopic (exact) mass is 426 g/mol. The smallest absolute Gasteiger partial charge is 0.305 e. The summed E-state index contributed by atoms with van der Waals surface area (Å²) in [6.45, 7) is 2.20. The van der Waals surface area contributed by atoms with Gasteiger partial charge in [-0.3, -0.25) is 9.59 Å². The van der Waals surface area contributed by atoms with Gasteiger partial charge in [0.1, 0.15) is 5.78 Å². The maximum Gasteiger partial charge on any atom is 0.305 e. The van der Waals surface area contributed by atoms with E-state index in [1.807, 2.05) is 0 Å². The Morgan fingerprint density at radius 1 is 1.26 bits per heavy atom. The number of unbranched alkanes of at least 4 members (excludes halogenated alkanes) is 1. The predicted molar refractivity (Wildman–Crippen MR) is 123 cm³/mol. The summed E-state index contributed by atoms with van der Waals surface area (Å²) in [7, 11) is 1.41. The van der Waals surface area contributed by atoms with Crippen molar-refractivity contribution in [3.63, 3.8) is 0 Å². The number of aliphatic hydroxyl groups is 1. The summed E-state index contributed by atoms with van der Waals surface area (Å²) < 4.78 is 4.66. The average molecular weight is 427 g/mol. The average Bonchev–Trinajstić information content (AvgIpc) is 3.12. The van der Waals surface area contributed by atoms with Gasteiger partial charge in [-0.05, 0) is 62.0 Å². The second kappa shape index (κ2) is 11.1. The Hall–Kier alpha value is -1.94. The Labute approximate surface area is 187 Å². The molecule has 0 spiro atoms. The molecule has 2 fully saturated rings. The lowest BCUT2D eigenvalue weighted by Gasteiger charge is -2.46. The van der Waals surface area contributed by atoms with E-state index in [1.54, 1.807) is 0 Å². The number of rotatable bonds is 11. The summed E-state index contributed by atoms with van der Waals surface area (Å²) in [6, 6.07) is 8.43. The zero-order chi connectivity index (χ0) is 22.3. The third-order valence-electron chi connectivity index (χ3n) is 7.49. The number of carbonyl (C=O) groups is 2. The van der Waals surface area contributed by atoms with Crippen molar-refractivity contribution < 1.29 is 19.4 Å². The zero-order valence-corrected chi connectivity index (χ0v) is 19.1. The molecule has 2 aliphatic carbocycles. The molecule has 3 rings (SSSR count). The van der Waals surface area contributed by atoms with E-state index in [0.29, 0.717) is 18.6 Å². The standard InChI is InChI=1S/C27H38O4/c1-3-17-27(18-8-19-27)26(30)21-13-11-20(12-14-21)22-15-16-24(28)23(22)9-6-4-5-7-10-25(29)31-2/h4,6,11-14,22-23,26,30H,3,5,7-10,15-19H2,1-2H3/b6-4-/t22-,23-,26?/m1/s1. The molecule has 1 aromatic rings. The molecular weight excluding hydrogens is 388 g/mol. The molecule has 1 unspecified atom stereocenters. The fraction of sp³-hybridized carbons (Fsp3) is 0.630. The van der Waals surface area contributed by atoms with Crippen LogP contribution >= 0.6 is 0 Å². The minimum Gasteiger partial charge on any atom is -0.469 e. The van der Waals surface area contributed by atoms with Gasteiger partial charge in [-0.1, -0.05) is 56.2 Å². The van der Waals surface area contributed by atoms with Crippen molar-refractivity contribution in [1.29, 1.82) is 0 Å². The molecule has 4 heteroatoms. The third kappa shape index (κ3) is 5.65. The van der Waals surface area contributed by atoms with Crippen molar-refractivity contribution in [1.82, 2.24) is 0 Å². The molecule has 0 amide bonds. The van der Waals surface area contributed by atoms with Gasteiger partial charge in [0, 0.05) is 24.2 Å². The molecule has 3 atom stereocenters. The van der Waals surface area contributed by atoms with E-state index in [2.05, 4.69) is 48.1 Å².